The Kier molecular flexibility index (Phi) is 6.03. The van der Waals surface area contributed by atoms with Crippen molar-refractivity contribution in [2.24, 2.45) is 17.8 Å². The Morgan fingerprint density at radius 2 is 1.74 bits per heavy atom. The van der Waals surface area contributed by atoms with Crippen molar-refractivity contribution in [1.82, 2.24) is 0 Å². The lowest BCUT2D eigenvalue weighted by Crippen LogP contribution is -2.29. The molecule has 2 N–H and O–H groups in total. The van der Waals surface area contributed by atoms with Crippen LogP contribution in [0.5, 0.6) is 0 Å². The minimum Gasteiger partial charge on any atom is -0.396 e. The molecule has 0 aliphatic rings. The summed E-state index contributed by atoms with van der Waals surface area (Å²) in [6, 6.07) is 7.92. The number of benzene rings is 1. The van der Waals surface area contributed by atoms with Gasteiger partial charge in [-0.25, -0.2) is 0 Å². The van der Waals surface area contributed by atoms with Crippen molar-refractivity contribution >= 4 is 11.6 Å². The second-order valence-corrected chi connectivity index (χ2v) is 5.82. The second kappa shape index (κ2) is 7.29. The fourth-order valence-corrected chi connectivity index (χ4v) is 2.03. The summed E-state index contributed by atoms with van der Waals surface area (Å²) in [7, 11) is 0. The van der Waals surface area contributed by atoms with Gasteiger partial charge in [0, 0.05) is 5.69 Å². The van der Waals surface area contributed by atoms with E-state index in [0.29, 0.717) is 5.92 Å². The molecule has 19 heavy (non-hydrogen) atoms. The number of carbonyl (C=O) groups excluding carboxylic acids is 1. The third kappa shape index (κ3) is 5.03. The second-order valence-electron chi connectivity index (χ2n) is 5.82. The zero-order chi connectivity index (χ0) is 14.4. The molecular weight excluding hydrogens is 238 g/mol. The molecule has 1 aromatic carbocycles. The number of anilines is 1. The molecule has 0 aliphatic heterocycles. The van der Waals surface area contributed by atoms with Crippen LogP contribution in [0.25, 0.3) is 0 Å². The molecule has 3 heteroatoms. The molecule has 106 valence electrons. The van der Waals surface area contributed by atoms with Gasteiger partial charge in [0.2, 0.25) is 5.91 Å². The molecule has 0 bridgehead atoms. The molecule has 1 atom stereocenters. The lowest BCUT2D eigenvalue weighted by atomic mass is 9.96. The number of hydrogen-bond acceptors (Lipinski definition) is 2. The summed E-state index contributed by atoms with van der Waals surface area (Å²) in [5.41, 5.74) is 2.06. The maximum atomic E-state index is 12.0. The van der Waals surface area contributed by atoms with Crippen molar-refractivity contribution in [2.45, 2.75) is 34.1 Å². The number of nitrogens with one attached hydrogen (secondary N) is 1. The molecule has 1 amide bonds. The standard InChI is InChI=1S/C16H25NO2/c1-11(2)9-13-5-7-14(8-6-13)17-16(19)15(10-18)12(3)4/h5-8,11-12,15,18H,9-10H2,1-4H3,(H,17,19). The monoisotopic (exact) mass is 263 g/mol. The van der Waals surface area contributed by atoms with E-state index in [1.54, 1.807) is 0 Å². The molecule has 0 spiro atoms. The van der Waals surface area contributed by atoms with Gasteiger partial charge in [-0.3, -0.25) is 4.79 Å². The molecule has 0 aliphatic carbocycles. The average molecular weight is 263 g/mol. The van der Waals surface area contributed by atoms with Gasteiger partial charge < -0.3 is 10.4 Å². The van der Waals surface area contributed by atoms with Gasteiger partial charge in [-0.2, -0.15) is 0 Å². The Balaban J connectivity index is 2.64. The smallest absolute Gasteiger partial charge is 0.230 e. The predicted molar refractivity (Wildman–Crippen MR) is 79.0 cm³/mol. The molecule has 1 rings (SSSR count). The number of hydrogen-bond donors (Lipinski definition) is 2. The van der Waals surface area contributed by atoms with Crippen molar-refractivity contribution < 1.29 is 9.90 Å². The Morgan fingerprint density at radius 1 is 1.16 bits per heavy atom. The molecule has 0 heterocycles. The molecule has 0 saturated carbocycles. The molecule has 1 unspecified atom stereocenters. The molecule has 0 saturated heterocycles. The minimum absolute atomic E-state index is 0.116. The third-order valence-electron chi connectivity index (χ3n) is 3.20. The van der Waals surface area contributed by atoms with Crippen LogP contribution in [0.15, 0.2) is 24.3 Å². The highest BCUT2D eigenvalue weighted by molar-refractivity contribution is 5.92. The first-order chi connectivity index (χ1) is 8.93. The topological polar surface area (TPSA) is 49.3 Å². The Hall–Kier alpha value is -1.35. The number of rotatable bonds is 6. The quantitative estimate of drug-likeness (QED) is 0.828. The molecule has 0 fully saturated rings. The summed E-state index contributed by atoms with van der Waals surface area (Å²) in [6.45, 7) is 8.13. The number of aliphatic hydroxyl groups excluding tert-OH is 1. The Labute approximate surface area is 116 Å². The minimum atomic E-state index is -0.352. The molecule has 0 radical (unpaired) electrons. The summed E-state index contributed by atoms with van der Waals surface area (Å²) in [6.07, 6.45) is 1.04. The van der Waals surface area contributed by atoms with Crippen molar-refractivity contribution in [1.29, 1.82) is 0 Å². The van der Waals surface area contributed by atoms with Crippen LogP contribution in [0, 0.1) is 17.8 Å². The SMILES string of the molecule is CC(C)Cc1ccc(NC(=O)C(CO)C(C)C)cc1. The van der Waals surface area contributed by atoms with Crippen LogP contribution in [0.1, 0.15) is 33.3 Å². The van der Waals surface area contributed by atoms with Gasteiger partial charge in [-0.05, 0) is 36.0 Å². The van der Waals surface area contributed by atoms with E-state index in [0.717, 1.165) is 12.1 Å². The molecule has 3 nitrogen and oxygen atoms in total. The molecule has 0 aromatic heterocycles. The third-order valence-corrected chi connectivity index (χ3v) is 3.20. The summed E-state index contributed by atoms with van der Waals surface area (Å²) < 4.78 is 0. The summed E-state index contributed by atoms with van der Waals surface area (Å²) in [5.74, 6) is 0.287. The highest BCUT2D eigenvalue weighted by Crippen LogP contribution is 2.16. The van der Waals surface area contributed by atoms with E-state index in [1.807, 2.05) is 38.1 Å². The van der Waals surface area contributed by atoms with Crippen LogP contribution in [0.4, 0.5) is 5.69 Å². The first-order valence-corrected chi connectivity index (χ1v) is 6.94. The zero-order valence-electron chi connectivity index (χ0n) is 12.3. The largest absolute Gasteiger partial charge is 0.396 e. The zero-order valence-corrected chi connectivity index (χ0v) is 12.3. The molecule has 1 aromatic rings. The fourth-order valence-electron chi connectivity index (χ4n) is 2.03. The first kappa shape index (κ1) is 15.7. The van der Waals surface area contributed by atoms with Crippen LogP contribution in [0.3, 0.4) is 0 Å². The Bertz CT molecular complexity index is 396. The maximum absolute atomic E-state index is 12.0. The van der Waals surface area contributed by atoms with E-state index < -0.39 is 0 Å². The highest BCUT2D eigenvalue weighted by atomic mass is 16.3. The fraction of sp³-hybridized carbons (Fsp3) is 0.562. The maximum Gasteiger partial charge on any atom is 0.230 e. The van der Waals surface area contributed by atoms with Gasteiger partial charge in [-0.1, -0.05) is 39.8 Å². The van der Waals surface area contributed by atoms with Crippen molar-refractivity contribution in [3.63, 3.8) is 0 Å². The van der Waals surface area contributed by atoms with E-state index in [2.05, 4.69) is 19.2 Å². The van der Waals surface area contributed by atoms with Gasteiger partial charge >= 0.3 is 0 Å². The molecular formula is C16H25NO2. The van der Waals surface area contributed by atoms with Gasteiger partial charge in [0.05, 0.1) is 12.5 Å². The van der Waals surface area contributed by atoms with E-state index in [-0.39, 0.29) is 24.3 Å². The van der Waals surface area contributed by atoms with Crippen LogP contribution >= 0.6 is 0 Å². The number of carbonyl (C=O) groups is 1. The van der Waals surface area contributed by atoms with Crippen molar-refractivity contribution in [3.8, 4) is 0 Å². The average Bonchev–Trinajstić information content (AvgIpc) is 2.31. The number of amides is 1. The lowest BCUT2D eigenvalue weighted by Gasteiger charge is -2.17. The van der Waals surface area contributed by atoms with Gasteiger partial charge in [0.15, 0.2) is 0 Å². The summed E-state index contributed by atoms with van der Waals surface area (Å²) in [5, 5.41) is 12.1. The van der Waals surface area contributed by atoms with E-state index in [4.69, 9.17) is 0 Å². The van der Waals surface area contributed by atoms with Gasteiger partial charge in [0.1, 0.15) is 0 Å². The van der Waals surface area contributed by atoms with Crippen molar-refractivity contribution in [3.05, 3.63) is 29.8 Å². The van der Waals surface area contributed by atoms with E-state index >= 15 is 0 Å². The van der Waals surface area contributed by atoms with Crippen LogP contribution in [-0.2, 0) is 11.2 Å². The summed E-state index contributed by atoms with van der Waals surface area (Å²) >= 11 is 0. The van der Waals surface area contributed by atoms with Crippen LogP contribution < -0.4 is 5.32 Å². The van der Waals surface area contributed by atoms with Crippen LogP contribution in [-0.4, -0.2) is 17.6 Å². The van der Waals surface area contributed by atoms with Gasteiger partial charge in [-0.15, -0.1) is 0 Å². The van der Waals surface area contributed by atoms with Crippen LogP contribution in [0.2, 0.25) is 0 Å². The highest BCUT2D eigenvalue weighted by Gasteiger charge is 2.21. The lowest BCUT2D eigenvalue weighted by molar-refractivity contribution is -0.122. The van der Waals surface area contributed by atoms with Gasteiger partial charge in [0.25, 0.3) is 0 Å². The first-order valence-electron chi connectivity index (χ1n) is 6.94. The summed E-state index contributed by atoms with van der Waals surface area (Å²) in [4.78, 5) is 12.0. The van der Waals surface area contributed by atoms with E-state index in [1.165, 1.54) is 5.56 Å². The van der Waals surface area contributed by atoms with E-state index in [9.17, 15) is 9.90 Å². The van der Waals surface area contributed by atoms with Crippen molar-refractivity contribution in [2.75, 3.05) is 11.9 Å². The predicted octanol–water partition coefficient (Wildman–Crippen LogP) is 3.09. The number of aliphatic hydroxyl groups is 1. The normalized spacial score (nSPS) is 12.8. The Morgan fingerprint density at radius 3 is 2.16 bits per heavy atom.